The molecule has 1 heterocycles. The van der Waals surface area contributed by atoms with E-state index in [2.05, 4.69) is 10.2 Å². The van der Waals surface area contributed by atoms with Gasteiger partial charge in [-0.25, -0.2) is 0 Å². The summed E-state index contributed by atoms with van der Waals surface area (Å²) in [5.74, 6) is 0. The molecule has 2 aromatic rings. The lowest BCUT2D eigenvalue weighted by atomic mass is 10.1. The third-order valence-corrected chi connectivity index (χ3v) is 2.06. The number of aromatic amines is 1. The highest BCUT2D eigenvalue weighted by atomic mass is 35.5. The van der Waals surface area contributed by atoms with Crippen molar-refractivity contribution in [3.05, 3.63) is 41.0 Å². The van der Waals surface area contributed by atoms with Gasteiger partial charge in [0.2, 0.25) is 0 Å². The molecule has 0 saturated carbocycles. The van der Waals surface area contributed by atoms with Crippen LogP contribution in [0.25, 0.3) is 11.3 Å². The summed E-state index contributed by atoms with van der Waals surface area (Å²) in [5, 5.41) is 7.77. The second-order valence-electron chi connectivity index (χ2n) is 2.95. The smallest absolute Gasteiger partial charge is 0.0923 e. The van der Waals surface area contributed by atoms with Crippen LogP contribution in [-0.4, -0.2) is 10.2 Å². The van der Waals surface area contributed by atoms with Crippen LogP contribution in [-0.2, 0) is 0 Å². The van der Waals surface area contributed by atoms with Gasteiger partial charge in [-0.15, -0.1) is 0 Å². The summed E-state index contributed by atoms with van der Waals surface area (Å²) >= 11 is 5.86. The number of aryl methyl sites for hydroxylation is 1. The second-order valence-corrected chi connectivity index (χ2v) is 3.38. The molecule has 2 rings (SSSR count). The Morgan fingerprint density at radius 1 is 1.31 bits per heavy atom. The lowest BCUT2D eigenvalue weighted by Gasteiger charge is -1.95. The standard InChI is InChI=1S/C10H9ClN2/c1-7-5-10(13-12-7)8-3-2-4-9(11)6-8/h2-6H,1H3,(H,12,13). The molecule has 0 spiro atoms. The predicted molar refractivity (Wildman–Crippen MR) is 53.8 cm³/mol. The van der Waals surface area contributed by atoms with Gasteiger partial charge in [-0.1, -0.05) is 23.7 Å². The van der Waals surface area contributed by atoms with Gasteiger partial charge in [0.05, 0.1) is 5.69 Å². The molecule has 1 aromatic heterocycles. The van der Waals surface area contributed by atoms with Gasteiger partial charge in [0.1, 0.15) is 0 Å². The van der Waals surface area contributed by atoms with E-state index < -0.39 is 0 Å². The fourth-order valence-electron chi connectivity index (χ4n) is 1.21. The van der Waals surface area contributed by atoms with Crippen LogP contribution in [0.15, 0.2) is 30.3 Å². The molecule has 3 heteroatoms. The Hall–Kier alpha value is -1.28. The van der Waals surface area contributed by atoms with Crippen LogP contribution < -0.4 is 0 Å². The quantitative estimate of drug-likeness (QED) is 0.739. The van der Waals surface area contributed by atoms with E-state index in [0.717, 1.165) is 22.0 Å². The normalized spacial score (nSPS) is 10.3. The number of aromatic nitrogens is 2. The minimum atomic E-state index is 0.734. The predicted octanol–water partition coefficient (Wildman–Crippen LogP) is 3.04. The summed E-state index contributed by atoms with van der Waals surface area (Å²) < 4.78 is 0. The van der Waals surface area contributed by atoms with Crippen LogP contribution >= 0.6 is 11.6 Å². The van der Waals surface area contributed by atoms with Gasteiger partial charge in [-0.2, -0.15) is 5.10 Å². The SMILES string of the molecule is Cc1cc(-c2cccc(Cl)c2)n[nH]1. The van der Waals surface area contributed by atoms with Gasteiger partial charge in [-0.3, -0.25) is 5.10 Å². The van der Waals surface area contributed by atoms with Gasteiger partial charge in [0, 0.05) is 16.3 Å². The Morgan fingerprint density at radius 2 is 2.15 bits per heavy atom. The van der Waals surface area contributed by atoms with Crippen molar-refractivity contribution >= 4 is 11.6 Å². The largest absolute Gasteiger partial charge is 0.282 e. The monoisotopic (exact) mass is 192 g/mol. The van der Waals surface area contributed by atoms with E-state index in [4.69, 9.17) is 11.6 Å². The van der Waals surface area contributed by atoms with E-state index in [-0.39, 0.29) is 0 Å². The fourth-order valence-corrected chi connectivity index (χ4v) is 1.40. The zero-order chi connectivity index (χ0) is 9.26. The number of benzene rings is 1. The van der Waals surface area contributed by atoms with Crippen molar-refractivity contribution in [2.75, 3.05) is 0 Å². The van der Waals surface area contributed by atoms with Crippen molar-refractivity contribution in [3.63, 3.8) is 0 Å². The highest BCUT2D eigenvalue weighted by Gasteiger charge is 2.01. The number of hydrogen-bond donors (Lipinski definition) is 1. The van der Waals surface area contributed by atoms with Crippen LogP contribution in [0.4, 0.5) is 0 Å². The van der Waals surface area contributed by atoms with E-state index in [1.807, 2.05) is 37.3 Å². The number of rotatable bonds is 1. The molecule has 0 bridgehead atoms. The maximum absolute atomic E-state index is 5.86. The van der Waals surface area contributed by atoms with Crippen molar-refractivity contribution in [1.29, 1.82) is 0 Å². The van der Waals surface area contributed by atoms with E-state index >= 15 is 0 Å². The van der Waals surface area contributed by atoms with Crippen molar-refractivity contribution in [2.24, 2.45) is 0 Å². The van der Waals surface area contributed by atoms with E-state index in [1.54, 1.807) is 0 Å². The summed E-state index contributed by atoms with van der Waals surface area (Å²) in [6.07, 6.45) is 0. The van der Waals surface area contributed by atoms with Gasteiger partial charge in [-0.05, 0) is 25.1 Å². The maximum Gasteiger partial charge on any atom is 0.0923 e. The van der Waals surface area contributed by atoms with Gasteiger partial charge in [0.25, 0.3) is 0 Å². The molecular formula is C10H9ClN2. The van der Waals surface area contributed by atoms with E-state index in [1.165, 1.54) is 0 Å². The average molecular weight is 193 g/mol. The van der Waals surface area contributed by atoms with Crippen molar-refractivity contribution in [2.45, 2.75) is 6.92 Å². The molecule has 0 aliphatic rings. The topological polar surface area (TPSA) is 28.7 Å². The summed E-state index contributed by atoms with van der Waals surface area (Å²) in [7, 11) is 0. The first kappa shape index (κ1) is 8.32. The third kappa shape index (κ3) is 1.73. The molecule has 2 nitrogen and oxygen atoms in total. The molecule has 0 radical (unpaired) electrons. The van der Waals surface area contributed by atoms with Crippen LogP contribution in [0.3, 0.4) is 0 Å². The minimum Gasteiger partial charge on any atom is -0.282 e. The zero-order valence-corrected chi connectivity index (χ0v) is 7.97. The van der Waals surface area contributed by atoms with Crippen molar-refractivity contribution < 1.29 is 0 Å². The van der Waals surface area contributed by atoms with Crippen LogP contribution in [0.5, 0.6) is 0 Å². The summed E-state index contributed by atoms with van der Waals surface area (Å²) in [6, 6.07) is 9.65. The molecule has 13 heavy (non-hydrogen) atoms. The number of hydrogen-bond acceptors (Lipinski definition) is 1. The Bertz CT molecular complexity index is 420. The molecule has 1 aromatic carbocycles. The molecule has 0 aliphatic heterocycles. The fraction of sp³-hybridized carbons (Fsp3) is 0.100. The molecule has 66 valence electrons. The zero-order valence-electron chi connectivity index (χ0n) is 7.21. The molecule has 0 atom stereocenters. The van der Waals surface area contributed by atoms with Crippen LogP contribution in [0.1, 0.15) is 5.69 Å². The lowest BCUT2D eigenvalue weighted by molar-refractivity contribution is 1.05. The highest BCUT2D eigenvalue weighted by Crippen LogP contribution is 2.20. The maximum atomic E-state index is 5.86. The lowest BCUT2D eigenvalue weighted by Crippen LogP contribution is -1.76. The van der Waals surface area contributed by atoms with Crippen LogP contribution in [0, 0.1) is 6.92 Å². The van der Waals surface area contributed by atoms with Crippen molar-refractivity contribution in [1.82, 2.24) is 10.2 Å². The molecule has 0 unspecified atom stereocenters. The number of H-pyrrole nitrogens is 1. The minimum absolute atomic E-state index is 0.734. The molecule has 0 saturated heterocycles. The van der Waals surface area contributed by atoms with Crippen LogP contribution in [0.2, 0.25) is 5.02 Å². The number of nitrogens with zero attached hydrogens (tertiary/aromatic N) is 1. The van der Waals surface area contributed by atoms with E-state index in [0.29, 0.717) is 0 Å². The summed E-state index contributed by atoms with van der Waals surface area (Å²) in [5.41, 5.74) is 3.02. The Morgan fingerprint density at radius 3 is 2.77 bits per heavy atom. The Balaban J connectivity index is 2.46. The second kappa shape index (κ2) is 3.23. The number of halogens is 1. The first-order chi connectivity index (χ1) is 6.25. The molecule has 0 aliphatic carbocycles. The Kier molecular flexibility index (Phi) is 2.07. The highest BCUT2D eigenvalue weighted by molar-refractivity contribution is 6.30. The van der Waals surface area contributed by atoms with Gasteiger partial charge < -0.3 is 0 Å². The average Bonchev–Trinajstić information content (AvgIpc) is 2.52. The van der Waals surface area contributed by atoms with E-state index in [9.17, 15) is 0 Å². The molecule has 0 amide bonds. The summed E-state index contributed by atoms with van der Waals surface area (Å²) in [6.45, 7) is 1.97. The first-order valence-electron chi connectivity index (χ1n) is 4.03. The Labute approximate surface area is 81.6 Å². The summed E-state index contributed by atoms with van der Waals surface area (Å²) in [4.78, 5) is 0. The van der Waals surface area contributed by atoms with Gasteiger partial charge >= 0.3 is 0 Å². The van der Waals surface area contributed by atoms with Crippen molar-refractivity contribution in [3.8, 4) is 11.3 Å². The molecule has 1 N–H and O–H groups in total. The first-order valence-corrected chi connectivity index (χ1v) is 4.41. The number of nitrogens with one attached hydrogen (secondary N) is 1. The third-order valence-electron chi connectivity index (χ3n) is 1.83. The molecule has 0 fully saturated rings. The molecular weight excluding hydrogens is 184 g/mol. The van der Waals surface area contributed by atoms with Gasteiger partial charge in [0.15, 0.2) is 0 Å².